The van der Waals surface area contributed by atoms with Crippen molar-refractivity contribution in [3.63, 3.8) is 0 Å². The van der Waals surface area contributed by atoms with Gasteiger partial charge < -0.3 is 4.90 Å². The second-order valence-corrected chi connectivity index (χ2v) is 11.3. The summed E-state index contributed by atoms with van der Waals surface area (Å²) in [6.45, 7) is 2.15. The highest BCUT2D eigenvalue weighted by Crippen LogP contribution is 2.43. The highest BCUT2D eigenvalue weighted by Gasteiger charge is 2.18. The Morgan fingerprint density at radius 2 is 1.16 bits per heavy atom. The number of aryl methyl sites for hydroxylation is 1. The molecule has 0 bridgehead atoms. The number of hydrogen-bond donors (Lipinski definition) is 0. The monoisotopic (exact) mass is 577 g/mol. The first kappa shape index (κ1) is 26.7. The maximum absolute atomic E-state index is 5.00. The Morgan fingerprint density at radius 3 is 1.89 bits per heavy atom. The van der Waals surface area contributed by atoms with E-state index in [0.717, 1.165) is 39.5 Å². The molecule has 214 valence electrons. The van der Waals surface area contributed by atoms with Gasteiger partial charge in [0.05, 0.1) is 22.4 Å². The minimum absolute atomic E-state index is 0.905. The average molecular weight is 578 g/mol. The molecule has 1 aromatic heterocycles. The molecule has 8 rings (SSSR count). The first-order valence-corrected chi connectivity index (χ1v) is 15.3. The number of rotatable bonds is 6. The lowest BCUT2D eigenvalue weighted by molar-refractivity contribution is 1.05. The Balaban J connectivity index is 1.23. The largest absolute Gasteiger partial charge is 0.309 e. The van der Waals surface area contributed by atoms with E-state index in [1.54, 1.807) is 0 Å². The summed E-state index contributed by atoms with van der Waals surface area (Å²) in [6, 6.07) is 55.9. The molecule has 0 atom stereocenters. The van der Waals surface area contributed by atoms with Crippen molar-refractivity contribution >= 4 is 61.8 Å². The fourth-order valence-corrected chi connectivity index (χ4v) is 6.34. The summed E-state index contributed by atoms with van der Waals surface area (Å²) in [5.41, 5.74) is 8.95. The molecule has 0 N–H and O–H groups in total. The van der Waals surface area contributed by atoms with Crippen LogP contribution in [-0.4, -0.2) is 9.55 Å². The molecule has 1 heterocycles. The first-order chi connectivity index (χ1) is 22.2. The second kappa shape index (κ2) is 11.3. The molecule has 8 aromatic rings. The van der Waals surface area contributed by atoms with Crippen LogP contribution >= 0.6 is 0 Å². The lowest BCUT2D eigenvalue weighted by Gasteiger charge is -2.28. The zero-order valence-corrected chi connectivity index (χ0v) is 25.0. The molecule has 0 unspecified atom stereocenters. The van der Waals surface area contributed by atoms with Crippen molar-refractivity contribution in [2.75, 3.05) is 4.90 Å². The summed E-state index contributed by atoms with van der Waals surface area (Å²) in [4.78, 5) is 7.38. The van der Waals surface area contributed by atoms with Crippen molar-refractivity contribution in [2.24, 2.45) is 0 Å². The van der Waals surface area contributed by atoms with Crippen molar-refractivity contribution in [1.82, 2.24) is 9.55 Å². The van der Waals surface area contributed by atoms with Crippen molar-refractivity contribution in [2.45, 2.75) is 6.92 Å². The van der Waals surface area contributed by atoms with Crippen LogP contribution in [0, 0.1) is 6.92 Å². The summed E-state index contributed by atoms with van der Waals surface area (Å²) in [5.74, 6) is 0.905. The van der Waals surface area contributed by atoms with Gasteiger partial charge in [-0.05, 0) is 83.4 Å². The van der Waals surface area contributed by atoms with Crippen LogP contribution in [0.4, 0.5) is 17.1 Å². The van der Waals surface area contributed by atoms with Crippen LogP contribution in [0.1, 0.15) is 17.0 Å². The van der Waals surface area contributed by atoms with Gasteiger partial charge in [-0.1, -0.05) is 115 Å². The van der Waals surface area contributed by atoms with Crippen molar-refractivity contribution in [3.05, 3.63) is 175 Å². The molecule has 3 heteroatoms. The van der Waals surface area contributed by atoms with Crippen LogP contribution in [0.15, 0.2) is 158 Å². The summed E-state index contributed by atoms with van der Waals surface area (Å²) >= 11 is 0. The molecule has 0 aliphatic heterocycles. The molecule has 0 fully saturated rings. The maximum Gasteiger partial charge on any atom is 0.138 e. The maximum atomic E-state index is 5.00. The van der Waals surface area contributed by atoms with E-state index < -0.39 is 0 Å². The van der Waals surface area contributed by atoms with Gasteiger partial charge in [0.15, 0.2) is 0 Å². The molecule has 0 radical (unpaired) electrons. The number of aromatic nitrogens is 2. The summed E-state index contributed by atoms with van der Waals surface area (Å²) in [5, 5.41) is 4.89. The molecule has 0 amide bonds. The average Bonchev–Trinajstić information content (AvgIpc) is 3.46. The number of nitrogens with zero attached hydrogens (tertiary/aromatic N) is 3. The van der Waals surface area contributed by atoms with Gasteiger partial charge in [0.25, 0.3) is 0 Å². The van der Waals surface area contributed by atoms with Crippen LogP contribution < -0.4 is 4.90 Å². The lowest BCUT2D eigenvalue weighted by Crippen LogP contribution is -2.11. The summed E-state index contributed by atoms with van der Waals surface area (Å²) < 4.78 is 2.25. The predicted molar refractivity (Wildman–Crippen MR) is 191 cm³/mol. The lowest BCUT2D eigenvalue weighted by atomic mass is 9.99. The van der Waals surface area contributed by atoms with Gasteiger partial charge in [-0.3, -0.25) is 4.57 Å². The standard InChI is InChI=1S/C42H31N3/c1-30-13-5-11-21-39(30)45-40-22-12-10-20-38(40)43-41(45)28-25-31-23-26-35(27-24-31)44(34-16-3-2-4-17-34)42-36-18-8-6-14-32(36)29-33-15-7-9-19-37(33)42/h2-29H,1H3/b28-25+. The van der Waals surface area contributed by atoms with Gasteiger partial charge in [-0.25, -0.2) is 4.98 Å². The quantitative estimate of drug-likeness (QED) is 0.183. The molecule has 0 saturated heterocycles. The summed E-state index contributed by atoms with van der Waals surface area (Å²) in [7, 11) is 0. The van der Waals surface area contributed by atoms with E-state index in [-0.39, 0.29) is 0 Å². The smallest absolute Gasteiger partial charge is 0.138 e. The third-order valence-corrected chi connectivity index (χ3v) is 8.50. The van der Waals surface area contributed by atoms with Gasteiger partial charge >= 0.3 is 0 Å². The van der Waals surface area contributed by atoms with Crippen LogP contribution in [0.2, 0.25) is 0 Å². The molecular formula is C42H31N3. The second-order valence-electron chi connectivity index (χ2n) is 11.3. The van der Waals surface area contributed by atoms with Crippen molar-refractivity contribution in [3.8, 4) is 5.69 Å². The molecule has 0 aliphatic rings. The van der Waals surface area contributed by atoms with E-state index in [9.17, 15) is 0 Å². The SMILES string of the molecule is Cc1ccccc1-n1c(/C=C/c2ccc(N(c3ccccc3)c3c4ccccc4cc4ccccc34)cc2)nc2ccccc21. The molecule has 0 aliphatic carbocycles. The Kier molecular flexibility index (Phi) is 6.69. The topological polar surface area (TPSA) is 21.1 Å². The van der Waals surface area contributed by atoms with E-state index in [2.05, 4.69) is 180 Å². The van der Waals surface area contributed by atoms with Gasteiger partial charge in [-0.2, -0.15) is 0 Å². The van der Waals surface area contributed by atoms with Crippen LogP contribution in [0.3, 0.4) is 0 Å². The Morgan fingerprint density at radius 1 is 0.556 bits per heavy atom. The van der Waals surface area contributed by atoms with Gasteiger partial charge in [0.2, 0.25) is 0 Å². The minimum atomic E-state index is 0.905. The van der Waals surface area contributed by atoms with E-state index in [4.69, 9.17) is 4.98 Å². The van der Waals surface area contributed by atoms with Crippen molar-refractivity contribution in [1.29, 1.82) is 0 Å². The third kappa shape index (κ3) is 4.85. The number of benzene rings is 7. The fourth-order valence-electron chi connectivity index (χ4n) is 6.34. The minimum Gasteiger partial charge on any atom is -0.309 e. The Hall–Kier alpha value is -5.93. The highest BCUT2D eigenvalue weighted by molar-refractivity contribution is 6.14. The number of fused-ring (bicyclic) bond motifs is 3. The number of anilines is 3. The van der Waals surface area contributed by atoms with E-state index >= 15 is 0 Å². The zero-order valence-electron chi connectivity index (χ0n) is 25.0. The van der Waals surface area contributed by atoms with Crippen LogP contribution in [0.25, 0.3) is 50.4 Å². The predicted octanol–water partition coefficient (Wildman–Crippen LogP) is 11.3. The Labute approximate surface area is 263 Å². The van der Waals surface area contributed by atoms with E-state index in [1.165, 1.54) is 32.8 Å². The molecule has 45 heavy (non-hydrogen) atoms. The van der Waals surface area contributed by atoms with E-state index in [1.807, 2.05) is 6.07 Å². The van der Waals surface area contributed by atoms with Gasteiger partial charge in [-0.15, -0.1) is 0 Å². The normalized spacial score (nSPS) is 11.6. The van der Waals surface area contributed by atoms with Crippen LogP contribution in [-0.2, 0) is 0 Å². The fraction of sp³-hybridized carbons (Fsp3) is 0.0238. The van der Waals surface area contributed by atoms with Crippen LogP contribution in [0.5, 0.6) is 0 Å². The number of para-hydroxylation sites is 4. The first-order valence-electron chi connectivity index (χ1n) is 15.3. The molecular weight excluding hydrogens is 546 g/mol. The highest BCUT2D eigenvalue weighted by atomic mass is 15.1. The molecule has 3 nitrogen and oxygen atoms in total. The molecule has 0 spiro atoms. The summed E-state index contributed by atoms with van der Waals surface area (Å²) in [6.07, 6.45) is 4.27. The van der Waals surface area contributed by atoms with Gasteiger partial charge in [0, 0.05) is 22.1 Å². The molecule has 0 saturated carbocycles. The number of hydrogen-bond acceptors (Lipinski definition) is 2. The Bertz CT molecular complexity index is 2280. The van der Waals surface area contributed by atoms with E-state index in [0.29, 0.717) is 0 Å². The van der Waals surface area contributed by atoms with Gasteiger partial charge in [0.1, 0.15) is 5.82 Å². The van der Waals surface area contributed by atoms with Crippen molar-refractivity contribution < 1.29 is 0 Å². The zero-order chi connectivity index (χ0) is 30.2. The third-order valence-electron chi connectivity index (χ3n) is 8.50. The number of imidazole rings is 1. The molecule has 7 aromatic carbocycles.